The maximum absolute atomic E-state index is 14.6. The molecule has 2 heterocycles. The second-order valence-corrected chi connectivity index (χ2v) is 9.22. The van der Waals surface area contributed by atoms with Crippen LogP contribution in [0.2, 0.25) is 10.0 Å². The highest BCUT2D eigenvalue weighted by molar-refractivity contribution is 6.35. The lowest BCUT2D eigenvalue weighted by Crippen LogP contribution is -2.39. The van der Waals surface area contributed by atoms with Crippen molar-refractivity contribution in [2.45, 2.75) is 31.1 Å². The van der Waals surface area contributed by atoms with Gasteiger partial charge in [0, 0.05) is 54.2 Å². The Balaban J connectivity index is 1.53. The second kappa shape index (κ2) is 8.23. The number of aliphatic hydroxyl groups is 1. The van der Waals surface area contributed by atoms with E-state index in [-0.39, 0.29) is 23.5 Å². The molecule has 3 atom stereocenters. The lowest BCUT2D eigenvalue weighted by Gasteiger charge is -2.30. The van der Waals surface area contributed by atoms with Gasteiger partial charge in [-0.05, 0) is 42.7 Å². The van der Waals surface area contributed by atoms with Gasteiger partial charge < -0.3 is 14.4 Å². The number of aliphatic hydroxyl groups excluding tert-OH is 1. The fourth-order valence-electron chi connectivity index (χ4n) is 4.69. The van der Waals surface area contributed by atoms with Crippen LogP contribution in [0.5, 0.6) is 5.75 Å². The molecule has 1 aromatic heterocycles. The Bertz CT molecular complexity index is 1240. The maximum atomic E-state index is 14.6. The first-order valence-corrected chi connectivity index (χ1v) is 11.2. The van der Waals surface area contributed by atoms with Gasteiger partial charge in [0.1, 0.15) is 17.7 Å². The number of aryl methyl sites for hydroxylation is 1. The summed E-state index contributed by atoms with van der Waals surface area (Å²) in [6.45, 7) is 1.30. The highest BCUT2D eigenvalue weighted by atomic mass is 35.5. The molecule has 1 fully saturated rings. The zero-order valence-corrected chi connectivity index (χ0v) is 18.9. The topological polar surface area (TPSA) is 59.6 Å². The quantitative estimate of drug-likeness (QED) is 0.621. The third-order valence-corrected chi connectivity index (χ3v) is 6.87. The number of imidazole rings is 1. The van der Waals surface area contributed by atoms with Crippen LogP contribution in [0.1, 0.15) is 23.7 Å². The average Bonchev–Trinajstić information content (AvgIpc) is 3.42. The number of halogens is 3. The van der Waals surface area contributed by atoms with Crippen LogP contribution in [0.25, 0.3) is 5.69 Å². The predicted octanol–water partition coefficient (Wildman–Crippen LogP) is 3.73. The Hall–Kier alpha value is -2.32. The van der Waals surface area contributed by atoms with Crippen molar-refractivity contribution in [1.29, 1.82) is 0 Å². The van der Waals surface area contributed by atoms with Crippen LogP contribution in [0.15, 0.2) is 47.5 Å². The molecular weight excluding hydrogens is 456 g/mol. The van der Waals surface area contributed by atoms with Gasteiger partial charge in [0.2, 0.25) is 0 Å². The third-order valence-electron chi connectivity index (χ3n) is 6.32. The van der Waals surface area contributed by atoms with Gasteiger partial charge in [0.05, 0.1) is 17.8 Å². The van der Waals surface area contributed by atoms with Gasteiger partial charge in [-0.1, -0.05) is 23.2 Å². The van der Waals surface area contributed by atoms with Gasteiger partial charge in [0.15, 0.2) is 0 Å². The summed E-state index contributed by atoms with van der Waals surface area (Å²) in [6, 6.07) is 7.89. The molecule has 1 unspecified atom stereocenters. The maximum Gasteiger partial charge on any atom is 0.332 e. The smallest absolute Gasteiger partial charge is 0.332 e. The van der Waals surface area contributed by atoms with Crippen LogP contribution in [-0.4, -0.2) is 44.4 Å². The minimum Gasteiger partial charge on any atom is -0.484 e. The summed E-state index contributed by atoms with van der Waals surface area (Å²) in [4.78, 5) is 14.5. The van der Waals surface area contributed by atoms with E-state index in [2.05, 4.69) is 4.90 Å². The molecule has 0 spiro atoms. The fourth-order valence-corrected chi connectivity index (χ4v) is 5.28. The Morgan fingerprint density at radius 3 is 2.69 bits per heavy atom. The van der Waals surface area contributed by atoms with Crippen molar-refractivity contribution < 1.29 is 14.2 Å². The van der Waals surface area contributed by atoms with Crippen molar-refractivity contribution >= 4 is 23.2 Å². The Morgan fingerprint density at radius 1 is 1.19 bits per heavy atom. The number of rotatable bonds is 4. The summed E-state index contributed by atoms with van der Waals surface area (Å²) in [7, 11) is 1.61. The molecule has 0 bridgehead atoms. The number of nitrogens with zero attached hydrogens (tertiary/aromatic N) is 3. The molecule has 32 heavy (non-hydrogen) atoms. The van der Waals surface area contributed by atoms with Crippen molar-refractivity contribution in [3.8, 4) is 11.4 Å². The van der Waals surface area contributed by atoms with E-state index < -0.39 is 11.9 Å². The van der Waals surface area contributed by atoms with Crippen LogP contribution >= 0.6 is 23.2 Å². The normalized spacial score (nSPS) is 23.0. The van der Waals surface area contributed by atoms with Crippen molar-refractivity contribution in [3.05, 3.63) is 80.2 Å². The first-order valence-electron chi connectivity index (χ1n) is 10.4. The number of ether oxygens (including phenoxy) is 1. The largest absolute Gasteiger partial charge is 0.484 e. The first kappa shape index (κ1) is 21.5. The standard InChI is InChI=1S/C23H22Cl2FN3O3/c1-27-6-7-29(23(27)31)20-10-15(2-3-19(20)26)32-22-17-8-13(24)9-18(25)16(17)11-21(22)28-5-4-14(30)12-28/h2-3,6-10,14,21-22,30H,4-5,11-12H2,1H3/t14?,21-,22-/m0/s1. The highest BCUT2D eigenvalue weighted by Crippen LogP contribution is 2.43. The van der Waals surface area contributed by atoms with Crippen LogP contribution in [0.4, 0.5) is 4.39 Å². The monoisotopic (exact) mass is 477 g/mol. The Kier molecular flexibility index (Phi) is 5.53. The lowest BCUT2D eigenvalue weighted by molar-refractivity contribution is 0.0818. The van der Waals surface area contributed by atoms with Crippen LogP contribution in [-0.2, 0) is 13.5 Å². The molecule has 1 N–H and O–H groups in total. The van der Waals surface area contributed by atoms with E-state index in [0.717, 1.165) is 17.7 Å². The molecule has 5 rings (SSSR count). The zero-order chi connectivity index (χ0) is 22.6. The number of benzene rings is 2. The Morgan fingerprint density at radius 2 is 2.00 bits per heavy atom. The van der Waals surface area contributed by atoms with Gasteiger partial charge >= 0.3 is 5.69 Å². The van der Waals surface area contributed by atoms with Crippen LogP contribution in [0.3, 0.4) is 0 Å². The molecule has 2 aliphatic rings. The van der Waals surface area contributed by atoms with Gasteiger partial charge in [-0.15, -0.1) is 0 Å². The van der Waals surface area contributed by atoms with Crippen molar-refractivity contribution in [2.75, 3.05) is 13.1 Å². The van der Waals surface area contributed by atoms with Crippen molar-refractivity contribution in [1.82, 2.24) is 14.0 Å². The Labute approximate surface area is 194 Å². The summed E-state index contributed by atoms with van der Waals surface area (Å²) >= 11 is 12.8. The first-order chi connectivity index (χ1) is 15.3. The number of fused-ring (bicyclic) bond motifs is 1. The second-order valence-electron chi connectivity index (χ2n) is 8.38. The minimum atomic E-state index is -0.525. The SMILES string of the molecule is Cn1ccn(-c2cc(O[C@H]3c4cc(Cl)cc(Cl)c4C[C@@H]3N3CCC(O)C3)ccc2F)c1=O. The molecule has 1 saturated heterocycles. The van der Waals surface area contributed by atoms with E-state index in [4.69, 9.17) is 27.9 Å². The molecule has 0 radical (unpaired) electrons. The average molecular weight is 478 g/mol. The minimum absolute atomic E-state index is 0.0499. The fraction of sp³-hybridized carbons (Fsp3) is 0.348. The lowest BCUT2D eigenvalue weighted by atomic mass is 10.1. The van der Waals surface area contributed by atoms with Gasteiger partial charge in [0.25, 0.3) is 0 Å². The number of hydrogen-bond donors (Lipinski definition) is 1. The molecule has 9 heteroatoms. The van der Waals surface area contributed by atoms with Gasteiger partial charge in [-0.25, -0.2) is 9.18 Å². The number of aromatic nitrogens is 2. The predicted molar refractivity (Wildman–Crippen MR) is 120 cm³/mol. The van der Waals surface area contributed by atoms with Gasteiger partial charge in [-0.3, -0.25) is 9.47 Å². The third kappa shape index (κ3) is 3.73. The number of hydrogen-bond acceptors (Lipinski definition) is 4. The summed E-state index contributed by atoms with van der Waals surface area (Å²) < 4.78 is 23.6. The molecule has 168 valence electrons. The molecular formula is C23H22Cl2FN3O3. The van der Waals surface area contributed by atoms with E-state index in [0.29, 0.717) is 35.2 Å². The summed E-state index contributed by atoms with van der Waals surface area (Å²) in [5.41, 5.74) is 1.61. The van der Waals surface area contributed by atoms with Crippen LogP contribution in [0, 0.1) is 5.82 Å². The summed E-state index contributed by atoms with van der Waals surface area (Å²) in [5, 5.41) is 11.2. The van der Waals surface area contributed by atoms with Crippen molar-refractivity contribution in [2.24, 2.45) is 7.05 Å². The van der Waals surface area contributed by atoms with E-state index in [1.54, 1.807) is 25.4 Å². The van der Waals surface area contributed by atoms with Gasteiger partial charge in [-0.2, -0.15) is 0 Å². The molecule has 0 amide bonds. The van der Waals surface area contributed by atoms with E-state index in [9.17, 15) is 14.3 Å². The highest BCUT2D eigenvalue weighted by Gasteiger charge is 2.41. The van der Waals surface area contributed by atoms with Crippen molar-refractivity contribution in [3.63, 3.8) is 0 Å². The number of likely N-dealkylation sites (tertiary alicyclic amines) is 1. The van der Waals surface area contributed by atoms with E-state index >= 15 is 0 Å². The van der Waals surface area contributed by atoms with E-state index in [1.165, 1.54) is 27.5 Å². The molecule has 6 nitrogen and oxygen atoms in total. The van der Waals surface area contributed by atoms with E-state index in [1.807, 2.05) is 6.07 Å². The van der Waals surface area contributed by atoms with Crippen LogP contribution < -0.4 is 10.4 Å². The summed E-state index contributed by atoms with van der Waals surface area (Å²) in [6.07, 6.45) is 3.67. The molecule has 1 aliphatic carbocycles. The molecule has 3 aromatic rings. The molecule has 1 aliphatic heterocycles. The molecule has 2 aromatic carbocycles. The zero-order valence-electron chi connectivity index (χ0n) is 17.3. The summed E-state index contributed by atoms with van der Waals surface area (Å²) in [5.74, 6) is -0.0985. The molecule has 0 saturated carbocycles. The number of β-amino-alcohol motifs (C(OH)–C–C–N with tert-alkyl or cyclic N) is 1.